The summed E-state index contributed by atoms with van der Waals surface area (Å²) in [5.74, 6) is 0.478. The average molecular weight is 666 g/mol. The number of thioether (sulfide) groups is 1. The van der Waals surface area contributed by atoms with Crippen LogP contribution in [-0.4, -0.2) is 53.4 Å². The monoisotopic (exact) mass is 665 g/mol. The highest BCUT2D eigenvalue weighted by Gasteiger charge is 2.48. The number of hydrogen-bond donors (Lipinski definition) is 1. The second-order valence-corrected chi connectivity index (χ2v) is 12.5. The molecule has 1 N–H and O–H groups in total. The van der Waals surface area contributed by atoms with Gasteiger partial charge in [-0.1, -0.05) is 52.9 Å². The Bertz CT molecular complexity index is 1780. The lowest BCUT2D eigenvalue weighted by Crippen LogP contribution is -2.29. The van der Waals surface area contributed by atoms with E-state index in [9.17, 15) is 14.7 Å². The number of carbonyl (C=O) groups is 2. The Morgan fingerprint density at radius 1 is 0.978 bits per heavy atom. The fourth-order valence-corrected chi connectivity index (χ4v) is 6.96. The second-order valence-electron chi connectivity index (χ2n) is 9.87. The Balaban J connectivity index is 1.42. The Morgan fingerprint density at radius 3 is 2.47 bits per heavy atom. The van der Waals surface area contributed by atoms with Gasteiger partial charge in [0.05, 0.1) is 24.8 Å². The summed E-state index contributed by atoms with van der Waals surface area (Å²) in [7, 11) is 0. The minimum atomic E-state index is -1.03. The van der Waals surface area contributed by atoms with Crippen LogP contribution in [0.3, 0.4) is 0 Å². The zero-order chi connectivity index (χ0) is 31.5. The van der Waals surface area contributed by atoms with E-state index >= 15 is 0 Å². The number of ketones is 1. The molecule has 4 aromatic rings. The van der Waals surface area contributed by atoms with E-state index in [2.05, 4.69) is 10.2 Å². The molecule has 2 aliphatic heterocycles. The Morgan fingerprint density at radius 2 is 1.71 bits per heavy atom. The molecule has 0 radical (unpaired) electrons. The topological polar surface area (TPSA) is 120 Å². The normalized spacial score (nSPS) is 17.0. The number of amides is 1. The molecule has 3 heterocycles. The van der Waals surface area contributed by atoms with Gasteiger partial charge in [-0.05, 0) is 67.4 Å². The van der Waals surface area contributed by atoms with Crippen LogP contribution >= 0.6 is 34.7 Å². The molecular weight excluding hydrogens is 638 g/mol. The summed E-state index contributed by atoms with van der Waals surface area (Å²) in [4.78, 5) is 28.7. The molecule has 0 bridgehead atoms. The van der Waals surface area contributed by atoms with Gasteiger partial charge in [0, 0.05) is 16.3 Å². The number of rotatable bonds is 10. The SMILES string of the molecule is CCOc1ccc(C2C(=C(O)c3ccc4c(c3)OCCO4)C(=O)C(=O)N2c2nnc(SCc3ccc(Cl)cc3)s2)cc1OCC. The third-order valence-electron chi connectivity index (χ3n) is 7.02. The third kappa shape index (κ3) is 6.31. The Hall–Kier alpha value is -4.26. The first-order valence-corrected chi connectivity index (χ1v) is 16.4. The van der Waals surface area contributed by atoms with Crippen molar-refractivity contribution in [2.24, 2.45) is 0 Å². The molecule has 1 aromatic heterocycles. The van der Waals surface area contributed by atoms with Gasteiger partial charge in [-0.3, -0.25) is 14.5 Å². The standard InChI is InChI=1S/C32H28ClN3O7S2/c1-3-40-22-11-7-19(15-24(22)41-4-2)27-26(28(37)20-8-12-23-25(16-20)43-14-13-42-23)29(38)30(39)36(27)31-34-35-32(45-31)44-17-18-5-9-21(33)10-6-18/h5-12,15-16,27,37H,3-4,13-14,17H2,1-2H3. The van der Waals surface area contributed by atoms with E-state index in [1.165, 1.54) is 28.0 Å². The molecule has 0 aliphatic carbocycles. The highest BCUT2D eigenvalue weighted by Crippen LogP contribution is 2.46. The number of hydrogen-bond acceptors (Lipinski definition) is 11. The maximum atomic E-state index is 13.7. The molecule has 0 spiro atoms. The minimum absolute atomic E-state index is 0.103. The molecule has 10 nitrogen and oxygen atoms in total. The molecular formula is C32H28ClN3O7S2. The number of anilines is 1. The first kappa shape index (κ1) is 30.8. The summed E-state index contributed by atoms with van der Waals surface area (Å²) in [5, 5.41) is 21.1. The molecule has 6 rings (SSSR count). The molecule has 1 atom stereocenters. The van der Waals surface area contributed by atoms with Gasteiger partial charge in [-0.2, -0.15) is 0 Å². The van der Waals surface area contributed by atoms with Crippen LogP contribution in [0.4, 0.5) is 5.13 Å². The summed E-state index contributed by atoms with van der Waals surface area (Å²) >= 11 is 8.64. The highest BCUT2D eigenvalue weighted by molar-refractivity contribution is 8.00. The van der Waals surface area contributed by atoms with Crippen LogP contribution in [0.15, 0.2) is 70.6 Å². The molecule has 45 heavy (non-hydrogen) atoms. The molecule has 232 valence electrons. The van der Waals surface area contributed by atoms with Gasteiger partial charge < -0.3 is 24.1 Å². The van der Waals surface area contributed by atoms with Gasteiger partial charge in [0.2, 0.25) is 5.13 Å². The third-order valence-corrected chi connectivity index (χ3v) is 9.40. The maximum Gasteiger partial charge on any atom is 0.301 e. The molecule has 1 unspecified atom stereocenters. The van der Waals surface area contributed by atoms with E-state index in [1.807, 2.05) is 38.1 Å². The van der Waals surface area contributed by atoms with E-state index in [0.717, 1.165) is 5.56 Å². The van der Waals surface area contributed by atoms with E-state index in [1.54, 1.807) is 36.4 Å². The van der Waals surface area contributed by atoms with Gasteiger partial charge >= 0.3 is 5.91 Å². The van der Waals surface area contributed by atoms with Gasteiger partial charge in [0.15, 0.2) is 27.3 Å². The van der Waals surface area contributed by atoms with Gasteiger partial charge in [-0.15, -0.1) is 10.2 Å². The molecule has 1 fully saturated rings. The Kier molecular flexibility index (Phi) is 9.15. The number of benzene rings is 3. The van der Waals surface area contributed by atoms with Crippen molar-refractivity contribution in [2.45, 2.75) is 30.0 Å². The van der Waals surface area contributed by atoms with Crippen LogP contribution in [0.25, 0.3) is 5.76 Å². The van der Waals surface area contributed by atoms with Crippen molar-refractivity contribution in [3.63, 3.8) is 0 Å². The van der Waals surface area contributed by atoms with Crippen molar-refractivity contribution in [3.8, 4) is 23.0 Å². The van der Waals surface area contributed by atoms with Crippen molar-refractivity contribution in [2.75, 3.05) is 31.3 Å². The van der Waals surface area contributed by atoms with Crippen molar-refractivity contribution in [1.82, 2.24) is 10.2 Å². The average Bonchev–Trinajstić information content (AvgIpc) is 3.63. The van der Waals surface area contributed by atoms with Crippen LogP contribution in [-0.2, 0) is 15.3 Å². The lowest BCUT2D eigenvalue weighted by molar-refractivity contribution is -0.132. The number of ether oxygens (including phenoxy) is 4. The number of aliphatic hydroxyl groups excluding tert-OH is 1. The van der Waals surface area contributed by atoms with Crippen LogP contribution in [0.1, 0.15) is 36.6 Å². The van der Waals surface area contributed by atoms with Crippen LogP contribution in [0.2, 0.25) is 5.02 Å². The predicted molar refractivity (Wildman–Crippen MR) is 172 cm³/mol. The van der Waals surface area contributed by atoms with E-state index < -0.39 is 17.7 Å². The molecule has 1 amide bonds. The smallest absolute Gasteiger partial charge is 0.301 e. The Labute approximate surface area is 272 Å². The summed E-state index contributed by atoms with van der Waals surface area (Å²) < 4.78 is 23.5. The van der Waals surface area contributed by atoms with E-state index in [-0.39, 0.29) is 16.5 Å². The summed E-state index contributed by atoms with van der Waals surface area (Å²) in [6.07, 6.45) is 0. The molecule has 0 saturated carbocycles. The van der Waals surface area contributed by atoms with Crippen molar-refractivity contribution >= 4 is 57.3 Å². The molecule has 13 heteroatoms. The van der Waals surface area contributed by atoms with Gasteiger partial charge in [-0.25, -0.2) is 0 Å². The number of nitrogens with zero attached hydrogens (tertiary/aromatic N) is 3. The fraction of sp³-hybridized carbons (Fsp3) is 0.250. The predicted octanol–water partition coefficient (Wildman–Crippen LogP) is 6.68. The highest BCUT2D eigenvalue weighted by atomic mass is 35.5. The molecule has 1 saturated heterocycles. The number of aliphatic hydroxyl groups is 1. The number of carbonyl (C=O) groups excluding carboxylic acids is 2. The zero-order valence-electron chi connectivity index (χ0n) is 24.3. The van der Waals surface area contributed by atoms with Crippen molar-refractivity contribution < 1.29 is 33.6 Å². The van der Waals surface area contributed by atoms with Gasteiger partial charge in [0.25, 0.3) is 5.78 Å². The lowest BCUT2D eigenvalue weighted by Gasteiger charge is -2.24. The summed E-state index contributed by atoms with van der Waals surface area (Å²) in [5.41, 5.74) is 1.76. The lowest BCUT2D eigenvalue weighted by atomic mass is 9.95. The van der Waals surface area contributed by atoms with E-state index in [4.69, 9.17) is 30.5 Å². The van der Waals surface area contributed by atoms with Crippen LogP contribution < -0.4 is 23.8 Å². The number of aromatic nitrogens is 2. The zero-order valence-corrected chi connectivity index (χ0v) is 26.7. The second kappa shape index (κ2) is 13.4. The van der Waals surface area contributed by atoms with E-state index in [0.29, 0.717) is 75.7 Å². The van der Waals surface area contributed by atoms with Crippen molar-refractivity contribution in [1.29, 1.82) is 0 Å². The van der Waals surface area contributed by atoms with Crippen LogP contribution in [0.5, 0.6) is 23.0 Å². The number of halogens is 1. The largest absolute Gasteiger partial charge is 0.507 e. The fourth-order valence-electron chi connectivity index (χ4n) is 5.01. The van der Waals surface area contributed by atoms with Crippen molar-refractivity contribution in [3.05, 3.63) is 87.9 Å². The molecule has 2 aliphatic rings. The number of fused-ring (bicyclic) bond motifs is 1. The molecule has 3 aromatic carbocycles. The first-order chi connectivity index (χ1) is 21.9. The maximum absolute atomic E-state index is 13.7. The number of Topliss-reactive ketones (excluding diaryl/α,β-unsaturated/α-hetero) is 1. The first-order valence-electron chi connectivity index (χ1n) is 14.2. The summed E-state index contributed by atoms with van der Waals surface area (Å²) in [6.45, 7) is 5.26. The minimum Gasteiger partial charge on any atom is -0.507 e. The van der Waals surface area contributed by atoms with Gasteiger partial charge in [0.1, 0.15) is 19.0 Å². The summed E-state index contributed by atoms with van der Waals surface area (Å²) in [6, 6.07) is 16.5. The quantitative estimate of drug-likeness (QED) is 0.0646. The van der Waals surface area contributed by atoms with Crippen LogP contribution in [0, 0.1) is 0 Å².